The van der Waals surface area contributed by atoms with Gasteiger partial charge in [0.15, 0.2) is 11.6 Å². The first-order chi connectivity index (χ1) is 8.60. The first-order valence-corrected chi connectivity index (χ1v) is 5.72. The molecule has 0 unspecified atom stereocenters. The summed E-state index contributed by atoms with van der Waals surface area (Å²) in [6.45, 7) is 6.08. The minimum atomic E-state index is -0.254. The molecule has 0 aliphatic heterocycles. The third-order valence-electron chi connectivity index (χ3n) is 2.47. The van der Waals surface area contributed by atoms with E-state index < -0.39 is 0 Å². The van der Waals surface area contributed by atoms with Gasteiger partial charge in [-0.3, -0.25) is 10.2 Å². The Labute approximate surface area is 105 Å². The van der Waals surface area contributed by atoms with Gasteiger partial charge in [-0.05, 0) is 20.8 Å². The van der Waals surface area contributed by atoms with Crippen LogP contribution in [0.5, 0.6) is 0 Å². The van der Waals surface area contributed by atoms with Gasteiger partial charge in [-0.1, -0.05) is 0 Å². The Morgan fingerprint density at radius 1 is 1.28 bits per heavy atom. The molecule has 2 rings (SSSR count). The molecule has 18 heavy (non-hydrogen) atoms. The van der Waals surface area contributed by atoms with Crippen molar-refractivity contribution in [3.63, 3.8) is 0 Å². The molecule has 2 amide bonds. The summed E-state index contributed by atoms with van der Waals surface area (Å²) in [5, 5.41) is 2.71. The Bertz CT molecular complexity index is 543. The summed E-state index contributed by atoms with van der Waals surface area (Å²) in [7, 11) is 0. The highest BCUT2D eigenvalue weighted by Gasteiger charge is 2.16. The number of anilines is 2. The second kappa shape index (κ2) is 4.91. The summed E-state index contributed by atoms with van der Waals surface area (Å²) in [5.74, 6) is 2.62. The molecule has 0 bridgehead atoms. The van der Waals surface area contributed by atoms with E-state index in [9.17, 15) is 4.79 Å². The fourth-order valence-electron chi connectivity index (χ4n) is 1.61. The van der Waals surface area contributed by atoms with Crippen LogP contribution in [0.2, 0.25) is 0 Å². The lowest BCUT2D eigenvalue weighted by Crippen LogP contribution is -2.35. The van der Waals surface area contributed by atoms with Gasteiger partial charge in [0.25, 0.3) is 0 Å². The second-order valence-corrected chi connectivity index (χ2v) is 3.89. The largest absolute Gasteiger partial charge is 0.347 e. The van der Waals surface area contributed by atoms with Crippen molar-refractivity contribution < 1.29 is 4.79 Å². The number of nitrogens with zero attached hydrogens (tertiary/aromatic N) is 3. The quantitative estimate of drug-likeness (QED) is 0.773. The van der Waals surface area contributed by atoms with Gasteiger partial charge in [-0.15, -0.1) is 0 Å². The van der Waals surface area contributed by atoms with Crippen molar-refractivity contribution in [1.82, 2.24) is 19.9 Å². The third kappa shape index (κ3) is 2.50. The highest BCUT2D eigenvalue weighted by molar-refractivity contribution is 6.00. The highest BCUT2D eigenvalue weighted by Crippen LogP contribution is 2.12. The number of urea groups is 1. The lowest BCUT2D eigenvalue weighted by atomic mass is 10.5. The van der Waals surface area contributed by atoms with Gasteiger partial charge in [0.2, 0.25) is 0 Å². The molecule has 2 heterocycles. The van der Waals surface area contributed by atoms with E-state index in [2.05, 4.69) is 25.3 Å². The zero-order valence-corrected chi connectivity index (χ0v) is 10.6. The zero-order valence-electron chi connectivity index (χ0n) is 10.6. The molecular weight excluding hydrogens is 232 g/mol. The average Bonchev–Trinajstić information content (AvgIpc) is 2.89. The van der Waals surface area contributed by atoms with Crippen molar-refractivity contribution in [3.05, 3.63) is 24.0 Å². The fraction of sp³-hybridized carbons (Fsp3) is 0.364. The monoisotopic (exact) mass is 248 g/mol. The molecule has 7 nitrogen and oxygen atoms in total. The zero-order chi connectivity index (χ0) is 13.1. The molecule has 3 N–H and O–H groups in total. The Kier molecular flexibility index (Phi) is 3.31. The molecule has 0 aromatic carbocycles. The number of H-pyrrole nitrogens is 2. The van der Waals surface area contributed by atoms with Crippen LogP contribution in [-0.4, -0.2) is 32.5 Å². The summed E-state index contributed by atoms with van der Waals surface area (Å²) in [6.07, 6.45) is 3.35. The van der Waals surface area contributed by atoms with Crippen molar-refractivity contribution in [2.75, 3.05) is 16.8 Å². The second-order valence-electron chi connectivity index (χ2n) is 3.89. The maximum absolute atomic E-state index is 12.1. The van der Waals surface area contributed by atoms with Gasteiger partial charge < -0.3 is 9.97 Å². The fourth-order valence-corrected chi connectivity index (χ4v) is 1.61. The van der Waals surface area contributed by atoms with Crippen LogP contribution < -0.4 is 10.2 Å². The Morgan fingerprint density at radius 2 is 1.94 bits per heavy atom. The standard InChI is InChI=1S/C11H16N6O/c1-4-17(10-6-13-8(3)15-10)11(18)16-9-5-12-7(2)14-9/h5-6H,4H2,1-3H3,(H,12,14)(H,13,15)(H,16,18). The number of amides is 2. The van der Waals surface area contributed by atoms with Gasteiger partial charge in [0.1, 0.15) is 11.6 Å². The van der Waals surface area contributed by atoms with Crippen molar-refractivity contribution in [2.24, 2.45) is 0 Å². The van der Waals surface area contributed by atoms with Crippen LogP contribution in [0.1, 0.15) is 18.6 Å². The van der Waals surface area contributed by atoms with Crippen molar-refractivity contribution in [1.29, 1.82) is 0 Å². The summed E-state index contributed by atoms with van der Waals surface area (Å²) < 4.78 is 0. The van der Waals surface area contributed by atoms with Crippen molar-refractivity contribution >= 4 is 17.7 Å². The van der Waals surface area contributed by atoms with Gasteiger partial charge in [-0.2, -0.15) is 0 Å². The van der Waals surface area contributed by atoms with Crippen LogP contribution >= 0.6 is 0 Å². The molecule has 2 aromatic heterocycles. The molecule has 7 heteroatoms. The van der Waals surface area contributed by atoms with E-state index in [1.54, 1.807) is 12.4 Å². The van der Waals surface area contributed by atoms with E-state index in [4.69, 9.17) is 0 Å². The van der Waals surface area contributed by atoms with Gasteiger partial charge >= 0.3 is 6.03 Å². The van der Waals surface area contributed by atoms with E-state index in [-0.39, 0.29) is 6.03 Å². The molecule has 0 saturated heterocycles. The predicted octanol–water partition coefficient (Wildman–Crippen LogP) is 1.81. The van der Waals surface area contributed by atoms with E-state index in [0.29, 0.717) is 18.2 Å². The number of aryl methyl sites for hydroxylation is 2. The van der Waals surface area contributed by atoms with Gasteiger partial charge in [0, 0.05) is 18.9 Å². The van der Waals surface area contributed by atoms with Crippen LogP contribution in [0.4, 0.5) is 16.4 Å². The van der Waals surface area contributed by atoms with Crippen molar-refractivity contribution in [3.8, 4) is 0 Å². The Morgan fingerprint density at radius 3 is 2.44 bits per heavy atom. The summed E-state index contributed by atoms with van der Waals surface area (Å²) in [4.78, 5) is 27.8. The van der Waals surface area contributed by atoms with Gasteiger partial charge in [-0.25, -0.2) is 14.8 Å². The smallest absolute Gasteiger partial charge is 0.328 e. The van der Waals surface area contributed by atoms with E-state index in [1.165, 1.54) is 4.90 Å². The topological polar surface area (TPSA) is 89.7 Å². The van der Waals surface area contributed by atoms with Crippen LogP contribution in [0.25, 0.3) is 0 Å². The van der Waals surface area contributed by atoms with Gasteiger partial charge in [0.05, 0.1) is 0 Å². The molecule has 0 aliphatic rings. The number of carbonyl (C=O) groups excluding carboxylic acids is 1. The van der Waals surface area contributed by atoms with Crippen molar-refractivity contribution in [2.45, 2.75) is 20.8 Å². The molecule has 0 saturated carbocycles. The highest BCUT2D eigenvalue weighted by atomic mass is 16.2. The van der Waals surface area contributed by atoms with Crippen LogP contribution in [0, 0.1) is 13.8 Å². The summed E-state index contributed by atoms with van der Waals surface area (Å²) in [6, 6.07) is -0.254. The maximum atomic E-state index is 12.1. The number of rotatable bonds is 3. The summed E-state index contributed by atoms with van der Waals surface area (Å²) >= 11 is 0. The minimum absolute atomic E-state index is 0.254. The molecule has 0 atom stereocenters. The number of imidazole rings is 2. The number of aromatic nitrogens is 4. The molecule has 96 valence electrons. The first kappa shape index (κ1) is 12.2. The summed E-state index contributed by atoms with van der Waals surface area (Å²) in [5.41, 5.74) is 0. The number of carbonyl (C=O) groups is 1. The Balaban J connectivity index is 2.11. The normalized spacial score (nSPS) is 10.4. The SMILES string of the molecule is CCN(C(=O)Nc1c[nH]c(C)n1)c1c[nH]c(C)n1. The van der Waals surface area contributed by atoms with Crippen LogP contribution in [0.3, 0.4) is 0 Å². The molecule has 0 radical (unpaired) electrons. The lowest BCUT2D eigenvalue weighted by Gasteiger charge is -2.17. The van der Waals surface area contributed by atoms with Crippen LogP contribution in [-0.2, 0) is 0 Å². The molecular formula is C11H16N6O. The van der Waals surface area contributed by atoms with E-state index >= 15 is 0 Å². The average molecular weight is 248 g/mol. The molecule has 0 aliphatic carbocycles. The molecule has 0 fully saturated rings. The number of hydrogen-bond acceptors (Lipinski definition) is 3. The maximum Gasteiger partial charge on any atom is 0.328 e. The van der Waals surface area contributed by atoms with E-state index in [0.717, 1.165) is 11.6 Å². The number of nitrogens with one attached hydrogen (secondary N) is 3. The van der Waals surface area contributed by atoms with E-state index in [1.807, 2.05) is 20.8 Å². The molecule has 0 spiro atoms. The number of aromatic amines is 2. The Hall–Kier alpha value is -2.31. The third-order valence-corrected chi connectivity index (χ3v) is 2.47. The van der Waals surface area contributed by atoms with Crippen LogP contribution in [0.15, 0.2) is 12.4 Å². The minimum Gasteiger partial charge on any atom is -0.347 e. The lowest BCUT2D eigenvalue weighted by molar-refractivity contribution is 0.257. The predicted molar refractivity (Wildman–Crippen MR) is 68.7 cm³/mol. The molecule has 2 aromatic rings. The first-order valence-electron chi connectivity index (χ1n) is 5.72. The number of hydrogen-bond donors (Lipinski definition) is 3.